The van der Waals surface area contributed by atoms with Crippen LogP contribution in [0.3, 0.4) is 0 Å². The second-order valence-corrected chi connectivity index (χ2v) is 4.45. The third-order valence-electron chi connectivity index (χ3n) is 3.07. The maximum absolute atomic E-state index is 13.0. The van der Waals surface area contributed by atoms with Crippen molar-refractivity contribution in [3.63, 3.8) is 0 Å². The molecule has 1 fully saturated rings. The van der Waals surface area contributed by atoms with E-state index in [9.17, 15) is 4.39 Å². The first-order valence-corrected chi connectivity index (χ1v) is 7.12. The first kappa shape index (κ1) is 16.6. The summed E-state index contributed by atoms with van der Waals surface area (Å²) in [5, 5.41) is 0. The molecule has 0 spiro atoms. The van der Waals surface area contributed by atoms with Gasteiger partial charge in [-0.2, -0.15) is 0 Å². The van der Waals surface area contributed by atoms with E-state index in [1.165, 1.54) is 0 Å². The summed E-state index contributed by atoms with van der Waals surface area (Å²) in [6.45, 7) is 6.58. The second kappa shape index (κ2) is 8.64. The highest BCUT2D eigenvalue weighted by atomic mass is 19.1. The fourth-order valence-electron chi connectivity index (χ4n) is 2.08. The first-order chi connectivity index (χ1) is 9.69. The van der Waals surface area contributed by atoms with Crippen LogP contribution in [0.2, 0.25) is 0 Å². The van der Waals surface area contributed by atoms with Crippen LogP contribution in [-0.2, 0) is 0 Å². The SMILES string of the molecule is CC.COc1cc(N)ccc1OCCN1CCC(F)C1. The molecule has 0 saturated carbocycles. The third kappa shape index (κ3) is 4.89. The highest BCUT2D eigenvalue weighted by molar-refractivity contribution is 5.51. The van der Waals surface area contributed by atoms with Crippen LogP contribution in [0.25, 0.3) is 0 Å². The highest BCUT2D eigenvalue weighted by Gasteiger charge is 2.21. The monoisotopic (exact) mass is 284 g/mol. The zero-order valence-corrected chi connectivity index (χ0v) is 12.6. The molecule has 1 unspecified atom stereocenters. The van der Waals surface area contributed by atoms with Crippen LogP contribution in [0.15, 0.2) is 18.2 Å². The average Bonchev–Trinajstić information content (AvgIpc) is 2.88. The maximum Gasteiger partial charge on any atom is 0.162 e. The van der Waals surface area contributed by atoms with Crippen molar-refractivity contribution in [1.29, 1.82) is 0 Å². The normalized spacial score (nSPS) is 18.3. The molecular weight excluding hydrogens is 259 g/mol. The van der Waals surface area contributed by atoms with Gasteiger partial charge in [0.25, 0.3) is 0 Å². The van der Waals surface area contributed by atoms with Gasteiger partial charge >= 0.3 is 0 Å². The summed E-state index contributed by atoms with van der Waals surface area (Å²) in [7, 11) is 1.58. The van der Waals surface area contributed by atoms with Crippen molar-refractivity contribution in [3.8, 4) is 11.5 Å². The number of benzene rings is 1. The summed E-state index contributed by atoms with van der Waals surface area (Å²) in [5.74, 6) is 1.29. The molecule has 4 nitrogen and oxygen atoms in total. The predicted molar refractivity (Wildman–Crippen MR) is 80.2 cm³/mol. The molecule has 0 aliphatic carbocycles. The molecule has 0 radical (unpaired) electrons. The van der Waals surface area contributed by atoms with Crippen LogP contribution in [0, 0.1) is 0 Å². The van der Waals surface area contributed by atoms with Crippen LogP contribution < -0.4 is 15.2 Å². The van der Waals surface area contributed by atoms with Gasteiger partial charge in [-0.3, -0.25) is 4.90 Å². The minimum atomic E-state index is -0.684. The van der Waals surface area contributed by atoms with Crippen molar-refractivity contribution >= 4 is 5.69 Å². The van der Waals surface area contributed by atoms with E-state index >= 15 is 0 Å². The quantitative estimate of drug-likeness (QED) is 0.845. The van der Waals surface area contributed by atoms with Gasteiger partial charge in [0.15, 0.2) is 11.5 Å². The van der Waals surface area contributed by atoms with Gasteiger partial charge in [0.1, 0.15) is 12.8 Å². The zero-order chi connectivity index (χ0) is 15.0. The summed E-state index contributed by atoms with van der Waals surface area (Å²) < 4.78 is 23.8. The summed E-state index contributed by atoms with van der Waals surface area (Å²) in [6, 6.07) is 5.28. The number of ether oxygens (including phenoxy) is 2. The number of nitrogens with zero attached hydrogens (tertiary/aromatic N) is 1. The van der Waals surface area contributed by atoms with Crippen LogP contribution >= 0.6 is 0 Å². The van der Waals surface area contributed by atoms with Gasteiger partial charge in [-0.05, 0) is 18.6 Å². The second-order valence-electron chi connectivity index (χ2n) is 4.45. The molecule has 0 amide bonds. The van der Waals surface area contributed by atoms with Crippen LogP contribution in [0.1, 0.15) is 20.3 Å². The number of anilines is 1. The Kier molecular flexibility index (Phi) is 7.15. The highest BCUT2D eigenvalue weighted by Crippen LogP contribution is 2.28. The summed E-state index contributed by atoms with van der Waals surface area (Å²) in [5.41, 5.74) is 6.30. The Balaban J connectivity index is 0.000000956. The van der Waals surface area contributed by atoms with E-state index in [1.807, 2.05) is 13.8 Å². The lowest BCUT2D eigenvalue weighted by Crippen LogP contribution is -2.26. The van der Waals surface area contributed by atoms with E-state index in [0.717, 1.165) is 13.1 Å². The first-order valence-electron chi connectivity index (χ1n) is 7.12. The molecule has 5 heteroatoms. The molecule has 20 heavy (non-hydrogen) atoms. The Morgan fingerprint density at radius 2 is 2.10 bits per heavy atom. The molecular formula is C15H25FN2O2. The smallest absolute Gasteiger partial charge is 0.162 e. The van der Waals surface area contributed by atoms with Gasteiger partial charge in [-0.25, -0.2) is 4.39 Å². The Hall–Kier alpha value is -1.49. The average molecular weight is 284 g/mol. The summed E-state index contributed by atoms with van der Waals surface area (Å²) in [4.78, 5) is 2.06. The Morgan fingerprint density at radius 1 is 1.35 bits per heavy atom. The van der Waals surface area contributed by atoms with E-state index in [4.69, 9.17) is 15.2 Å². The number of methoxy groups -OCH3 is 1. The topological polar surface area (TPSA) is 47.7 Å². The van der Waals surface area contributed by atoms with Gasteiger partial charge in [0.2, 0.25) is 0 Å². The van der Waals surface area contributed by atoms with Crippen molar-refractivity contribution in [2.75, 3.05) is 39.1 Å². The van der Waals surface area contributed by atoms with Crippen molar-refractivity contribution in [3.05, 3.63) is 18.2 Å². The van der Waals surface area contributed by atoms with E-state index in [0.29, 0.717) is 36.8 Å². The molecule has 1 aromatic carbocycles. The third-order valence-corrected chi connectivity index (χ3v) is 3.07. The standard InChI is InChI=1S/C13H19FN2O2.C2H6/c1-17-13-8-11(15)2-3-12(13)18-7-6-16-5-4-10(14)9-16;1-2/h2-3,8,10H,4-7,9,15H2,1H3;1-2H3. The van der Waals surface area contributed by atoms with E-state index in [2.05, 4.69) is 4.90 Å². The van der Waals surface area contributed by atoms with Crippen molar-refractivity contribution < 1.29 is 13.9 Å². The fourth-order valence-corrected chi connectivity index (χ4v) is 2.08. The van der Waals surface area contributed by atoms with Crippen LogP contribution in [0.5, 0.6) is 11.5 Å². The van der Waals surface area contributed by atoms with Crippen LogP contribution in [-0.4, -0.2) is 44.4 Å². The molecule has 1 aliphatic heterocycles. The molecule has 1 saturated heterocycles. The lowest BCUT2D eigenvalue weighted by atomic mass is 10.3. The van der Waals surface area contributed by atoms with Gasteiger partial charge in [0, 0.05) is 31.4 Å². The van der Waals surface area contributed by atoms with Gasteiger partial charge in [0.05, 0.1) is 7.11 Å². The molecule has 0 aromatic heterocycles. The molecule has 0 bridgehead atoms. The zero-order valence-electron chi connectivity index (χ0n) is 12.6. The largest absolute Gasteiger partial charge is 0.493 e. The number of alkyl halides is 1. The summed E-state index contributed by atoms with van der Waals surface area (Å²) >= 11 is 0. The Morgan fingerprint density at radius 3 is 2.70 bits per heavy atom. The number of halogens is 1. The Bertz CT molecular complexity index is 401. The Labute approximate surface area is 120 Å². The molecule has 1 aromatic rings. The van der Waals surface area contributed by atoms with Crippen LogP contribution in [0.4, 0.5) is 10.1 Å². The predicted octanol–water partition coefficient (Wildman–Crippen LogP) is 2.73. The van der Waals surface area contributed by atoms with E-state index in [1.54, 1.807) is 25.3 Å². The number of likely N-dealkylation sites (tertiary alicyclic amines) is 1. The number of rotatable bonds is 5. The molecule has 2 rings (SSSR count). The number of hydrogen-bond donors (Lipinski definition) is 1. The van der Waals surface area contributed by atoms with E-state index < -0.39 is 6.17 Å². The maximum atomic E-state index is 13.0. The molecule has 114 valence electrons. The van der Waals surface area contributed by atoms with Crippen molar-refractivity contribution in [2.45, 2.75) is 26.4 Å². The number of nitrogen functional groups attached to an aromatic ring is 1. The minimum Gasteiger partial charge on any atom is -0.493 e. The fraction of sp³-hybridized carbons (Fsp3) is 0.600. The van der Waals surface area contributed by atoms with Gasteiger partial charge < -0.3 is 15.2 Å². The van der Waals surface area contributed by atoms with Crippen molar-refractivity contribution in [2.24, 2.45) is 0 Å². The lowest BCUT2D eigenvalue weighted by Gasteiger charge is -2.16. The van der Waals surface area contributed by atoms with E-state index in [-0.39, 0.29) is 0 Å². The molecule has 2 N–H and O–H groups in total. The minimum absolute atomic E-state index is 0.516. The van der Waals surface area contributed by atoms with Crippen molar-refractivity contribution in [1.82, 2.24) is 4.90 Å². The molecule has 1 atom stereocenters. The number of nitrogens with two attached hydrogens (primary N) is 1. The molecule has 1 heterocycles. The number of hydrogen-bond acceptors (Lipinski definition) is 4. The summed E-state index contributed by atoms with van der Waals surface area (Å²) in [6.07, 6.45) is -0.0541. The van der Waals surface area contributed by atoms with Gasteiger partial charge in [-0.1, -0.05) is 13.8 Å². The van der Waals surface area contributed by atoms with Gasteiger partial charge in [-0.15, -0.1) is 0 Å². The molecule has 1 aliphatic rings. The lowest BCUT2D eigenvalue weighted by molar-refractivity contribution is 0.219.